The molecular formula is C13H18ClN3O2S2. The van der Waals surface area contributed by atoms with Crippen molar-refractivity contribution in [1.29, 1.82) is 0 Å². The molecule has 3 N–H and O–H groups in total. The van der Waals surface area contributed by atoms with E-state index in [1.165, 1.54) is 31.0 Å². The van der Waals surface area contributed by atoms with Gasteiger partial charge in [0.2, 0.25) is 10.0 Å². The van der Waals surface area contributed by atoms with Crippen LogP contribution >= 0.6 is 23.8 Å². The van der Waals surface area contributed by atoms with Crippen LogP contribution < -0.4 is 10.5 Å². The molecule has 116 valence electrons. The number of thiocarbonyl (C=S) groups is 1. The van der Waals surface area contributed by atoms with Crippen LogP contribution in [0.1, 0.15) is 18.4 Å². The van der Waals surface area contributed by atoms with E-state index in [0.717, 1.165) is 0 Å². The third-order valence-corrected chi connectivity index (χ3v) is 5.43. The second-order valence-corrected chi connectivity index (χ2v) is 7.73. The van der Waals surface area contributed by atoms with Gasteiger partial charge in [-0.05, 0) is 38.1 Å². The van der Waals surface area contributed by atoms with Crippen LogP contribution in [0.15, 0.2) is 23.1 Å². The molecule has 0 unspecified atom stereocenters. The van der Waals surface area contributed by atoms with Gasteiger partial charge in [-0.1, -0.05) is 23.8 Å². The number of nitrogens with one attached hydrogen (secondary N) is 1. The Hall–Kier alpha value is -0.730. The SMILES string of the molecule is CN(CCNS(=O)(=O)c1ccc(C(N)=S)c(Cl)c1)C1CC1. The Balaban J connectivity index is 2.01. The molecule has 1 aliphatic carbocycles. The highest BCUT2D eigenvalue weighted by Gasteiger charge is 2.26. The van der Waals surface area contributed by atoms with E-state index in [2.05, 4.69) is 9.62 Å². The molecule has 0 aromatic heterocycles. The maximum Gasteiger partial charge on any atom is 0.240 e. The van der Waals surface area contributed by atoms with E-state index in [0.29, 0.717) is 24.7 Å². The predicted octanol–water partition coefficient (Wildman–Crippen LogP) is 1.35. The summed E-state index contributed by atoms with van der Waals surface area (Å²) in [6.45, 7) is 1.05. The molecular weight excluding hydrogens is 330 g/mol. The Morgan fingerprint density at radius 1 is 1.52 bits per heavy atom. The lowest BCUT2D eigenvalue weighted by molar-refractivity contribution is 0.329. The number of nitrogens with two attached hydrogens (primary N) is 1. The summed E-state index contributed by atoms with van der Waals surface area (Å²) in [5.74, 6) is 0. The summed E-state index contributed by atoms with van der Waals surface area (Å²) in [7, 11) is -1.57. The topological polar surface area (TPSA) is 75.4 Å². The monoisotopic (exact) mass is 347 g/mol. The maximum absolute atomic E-state index is 12.2. The van der Waals surface area contributed by atoms with Gasteiger partial charge in [0, 0.05) is 24.7 Å². The summed E-state index contributed by atoms with van der Waals surface area (Å²) in [5.41, 5.74) is 5.97. The quantitative estimate of drug-likeness (QED) is 0.728. The number of hydrogen-bond donors (Lipinski definition) is 2. The summed E-state index contributed by atoms with van der Waals surface area (Å²) >= 11 is 10.8. The molecule has 1 saturated carbocycles. The van der Waals surface area contributed by atoms with Gasteiger partial charge in [-0.25, -0.2) is 13.1 Å². The van der Waals surface area contributed by atoms with Crippen LogP contribution in [-0.2, 0) is 10.0 Å². The molecule has 0 radical (unpaired) electrons. The molecule has 5 nitrogen and oxygen atoms in total. The number of rotatable bonds is 7. The first-order valence-electron chi connectivity index (χ1n) is 6.60. The van der Waals surface area contributed by atoms with E-state index in [1.807, 2.05) is 7.05 Å². The molecule has 1 aliphatic rings. The van der Waals surface area contributed by atoms with Gasteiger partial charge in [-0.2, -0.15) is 0 Å². The van der Waals surface area contributed by atoms with Crippen LogP contribution in [0, 0.1) is 0 Å². The fourth-order valence-corrected chi connectivity index (χ4v) is 3.63. The summed E-state index contributed by atoms with van der Waals surface area (Å²) in [4.78, 5) is 2.41. The zero-order valence-electron chi connectivity index (χ0n) is 11.7. The van der Waals surface area contributed by atoms with Gasteiger partial charge in [-0.15, -0.1) is 0 Å². The average molecular weight is 348 g/mol. The van der Waals surface area contributed by atoms with Gasteiger partial charge in [0.15, 0.2) is 0 Å². The van der Waals surface area contributed by atoms with Crippen molar-refractivity contribution < 1.29 is 8.42 Å². The fourth-order valence-electron chi connectivity index (χ4n) is 2.00. The van der Waals surface area contributed by atoms with Crippen LogP contribution in [0.25, 0.3) is 0 Å². The lowest BCUT2D eigenvalue weighted by Gasteiger charge is -2.16. The average Bonchev–Trinajstić information content (AvgIpc) is 3.22. The predicted molar refractivity (Wildman–Crippen MR) is 88.2 cm³/mol. The third-order valence-electron chi connectivity index (χ3n) is 3.44. The van der Waals surface area contributed by atoms with Crippen molar-refractivity contribution in [2.24, 2.45) is 5.73 Å². The summed E-state index contributed by atoms with van der Waals surface area (Å²) in [6, 6.07) is 4.94. The number of hydrogen-bond acceptors (Lipinski definition) is 4. The zero-order chi connectivity index (χ0) is 15.6. The molecule has 0 spiro atoms. The lowest BCUT2D eigenvalue weighted by Crippen LogP contribution is -2.34. The van der Waals surface area contributed by atoms with E-state index in [-0.39, 0.29) is 14.9 Å². The van der Waals surface area contributed by atoms with E-state index in [9.17, 15) is 8.42 Å². The maximum atomic E-state index is 12.2. The van der Waals surface area contributed by atoms with Crippen molar-refractivity contribution in [2.75, 3.05) is 20.1 Å². The van der Waals surface area contributed by atoms with Crippen molar-refractivity contribution in [3.63, 3.8) is 0 Å². The molecule has 0 bridgehead atoms. The molecule has 1 fully saturated rings. The molecule has 2 rings (SSSR count). The third kappa shape index (κ3) is 4.37. The number of nitrogens with zero attached hydrogens (tertiary/aromatic N) is 1. The van der Waals surface area contributed by atoms with Gasteiger partial charge in [-0.3, -0.25) is 0 Å². The summed E-state index contributed by atoms with van der Waals surface area (Å²) in [5, 5.41) is 0.237. The number of halogens is 1. The van der Waals surface area contributed by atoms with Crippen LogP contribution in [-0.4, -0.2) is 44.5 Å². The molecule has 8 heteroatoms. The van der Waals surface area contributed by atoms with Gasteiger partial charge >= 0.3 is 0 Å². The van der Waals surface area contributed by atoms with Crippen molar-refractivity contribution in [3.8, 4) is 0 Å². The second-order valence-electron chi connectivity index (χ2n) is 5.12. The Morgan fingerprint density at radius 3 is 2.71 bits per heavy atom. The fraction of sp³-hybridized carbons (Fsp3) is 0.462. The standard InChI is InChI=1S/C13H18ClN3O2S2/c1-17(9-2-3-9)7-6-16-21(18,19)10-4-5-11(13(15)20)12(14)8-10/h4-5,8-9,16H,2-3,6-7H2,1H3,(H2,15,20). The summed E-state index contributed by atoms with van der Waals surface area (Å²) in [6.07, 6.45) is 2.39. The number of likely N-dealkylation sites (N-methyl/N-ethyl adjacent to an activating group) is 1. The number of benzene rings is 1. The lowest BCUT2D eigenvalue weighted by atomic mass is 10.2. The first kappa shape index (κ1) is 16.6. The molecule has 1 aromatic carbocycles. The van der Waals surface area contributed by atoms with Crippen LogP contribution in [0.4, 0.5) is 0 Å². The highest BCUT2D eigenvalue weighted by Crippen LogP contribution is 2.25. The van der Waals surface area contributed by atoms with E-state index in [4.69, 9.17) is 29.6 Å². The smallest absolute Gasteiger partial charge is 0.240 e. The molecule has 0 atom stereocenters. The van der Waals surface area contributed by atoms with E-state index >= 15 is 0 Å². The van der Waals surface area contributed by atoms with Crippen molar-refractivity contribution in [3.05, 3.63) is 28.8 Å². The van der Waals surface area contributed by atoms with Crippen molar-refractivity contribution in [2.45, 2.75) is 23.8 Å². The van der Waals surface area contributed by atoms with Crippen molar-refractivity contribution in [1.82, 2.24) is 9.62 Å². The Morgan fingerprint density at radius 2 is 2.19 bits per heavy atom. The minimum Gasteiger partial charge on any atom is -0.389 e. The first-order chi connectivity index (χ1) is 9.81. The molecule has 0 aliphatic heterocycles. The molecule has 21 heavy (non-hydrogen) atoms. The highest BCUT2D eigenvalue weighted by atomic mass is 35.5. The Kier molecular flexibility index (Phi) is 5.21. The molecule has 1 aromatic rings. The van der Waals surface area contributed by atoms with Gasteiger partial charge in [0.25, 0.3) is 0 Å². The minimum absolute atomic E-state index is 0.113. The van der Waals surface area contributed by atoms with Crippen molar-refractivity contribution >= 4 is 38.8 Å². The van der Waals surface area contributed by atoms with Gasteiger partial charge < -0.3 is 10.6 Å². The van der Waals surface area contributed by atoms with E-state index < -0.39 is 10.0 Å². The second kappa shape index (κ2) is 6.58. The minimum atomic E-state index is -3.57. The molecule has 0 amide bonds. The van der Waals surface area contributed by atoms with Gasteiger partial charge in [0.05, 0.1) is 9.92 Å². The van der Waals surface area contributed by atoms with Gasteiger partial charge in [0.1, 0.15) is 4.99 Å². The highest BCUT2D eigenvalue weighted by molar-refractivity contribution is 7.89. The molecule has 0 saturated heterocycles. The number of sulfonamides is 1. The Bertz CT molecular complexity index is 645. The van der Waals surface area contributed by atoms with E-state index in [1.54, 1.807) is 0 Å². The van der Waals surface area contributed by atoms with Crippen LogP contribution in [0.2, 0.25) is 5.02 Å². The molecule has 0 heterocycles. The summed E-state index contributed by atoms with van der Waals surface area (Å²) < 4.78 is 26.9. The largest absolute Gasteiger partial charge is 0.389 e. The van der Waals surface area contributed by atoms with Crippen LogP contribution in [0.3, 0.4) is 0 Å². The Labute approximate surface area is 135 Å². The first-order valence-corrected chi connectivity index (χ1v) is 8.87. The normalized spacial score (nSPS) is 15.4. The van der Waals surface area contributed by atoms with Crippen LogP contribution in [0.5, 0.6) is 0 Å². The zero-order valence-corrected chi connectivity index (χ0v) is 14.1.